The highest BCUT2D eigenvalue weighted by Crippen LogP contribution is 2.22. The van der Waals surface area contributed by atoms with Crippen LogP contribution < -0.4 is 0 Å². The molecule has 0 saturated carbocycles. The molecule has 0 rings (SSSR count). The third-order valence-corrected chi connectivity index (χ3v) is 3.76. The lowest BCUT2D eigenvalue weighted by molar-refractivity contribution is -0.132. The van der Waals surface area contributed by atoms with E-state index in [1.807, 2.05) is 13.8 Å². The van der Waals surface area contributed by atoms with Gasteiger partial charge in [-0.3, -0.25) is 9.59 Å². The minimum atomic E-state index is 0.0699. The summed E-state index contributed by atoms with van der Waals surface area (Å²) in [5.41, 5.74) is 0. The van der Waals surface area contributed by atoms with Gasteiger partial charge < -0.3 is 0 Å². The summed E-state index contributed by atoms with van der Waals surface area (Å²) >= 11 is 0. The molecule has 2 unspecified atom stereocenters. The van der Waals surface area contributed by atoms with Crippen molar-refractivity contribution >= 4 is 11.6 Å². The van der Waals surface area contributed by atoms with Crippen molar-refractivity contribution in [3.63, 3.8) is 0 Å². The summed E-state index contributed by atoms with van der Waals surface area (Å²) in [4.78, 5) is 24.4. The zero-order valence-electron chi connectivity index (χ0n) is 13.7. The van der Waals surface area contributed by atoms with Gasteiger partial charge >= 0.3 is 0 Å². The second-order valence-electron chi connectivity index (χ2n) is 6.58. The van der Waals surface area contributed by atoms with Crippen molar-refractivity contribution in [2.24, 2.45) is 23.7 Å². The second-order valence-corrected chi connectivity index (χ2v) is 6.58. The van der Waals surface area contributed by atoms with Crippen LogP contribution in [0.15, 0.2) is 0 Å². The molecule has 0 aromatic rings. The highest BCUT2D eigenvalue weighted by Gasteiger charge is 2.24. The van der Waals surface area contributed by atoms with Gasteiger partial charge in [-0.15, -0.1) is 0 Å². The lowest BCUT2D eigenvalue weighted by Gasteiger charge is -2.19. The van der Waals surface area contributed by atoms with Crippen LogP contribution in [0.3, 0.4) is 0 Å². The largest absolute Gasteiger partial charge is 0.299 e. The quantitative estimate of drug-likeness (QED) is 0.540. The van der Waals surface area contributed by atoms with E-state index in [1.54, 1.807) is 0 Å². The van der Waals surface area contributed by atoms with Crippen molar-refractivity contribution in [3.8, 4) is 0 Å². The van der Waals surface area contributed by atoms with E-state index in [4.69, 9.17) is 0 Å². The van der Waals surface area contributed by atoms with E-state index < -0.39 is 0 Å². The molecular weight excluding hydrogens is 236 g/mol. The first-order chi connectivity index (χ1) is 8.81. The van der Waals surface area contributed by atoms with E-state index in [0.29, 0.717) is 11.8 Å². The Morgan fingerprint density at radius 3 is 1.26 bits per heavy atom. The maximum absolute atomic E-state index is 12.2. The molecule has 0 radical (unpaired) electrons. The number of carbonyl (C=O) groups is 2. The third-order valence-electron chi connectivity index (χ3n) is 3.76. The predicted octanol–water partition coefficient (Wildman–Crippen LogP) is 4.66. The topological polar surface area (TPSA) is 34.1 Å². The van der Waals surface area contributed by atoms with E-state index >= 15 is 0 Å². The summed E-state index contributed by atoms with van der Waals surface area (Å²) in [6.45, 7) is 12.6. The number of rotatable bonds is 10. The van der Waals surface area contributed by atoms with Crippen LogP contribution in [0.4, 0.5) is 0 Å². The van der Waals surface area contributed by atoms with Gasteiger partial charge in [0.05, 0.1) is 6.42 Å². The zero-order valence-corrected chi connectivity index (χ0v) is 13.7. The first-order valence-electron chi connectivity index (χ1n) is 7.87. The molecule has 2 nitrogen and oxygen atoms in total. The van der Waals surface area contributed by atoms with Crippen molar-refractivity contribution in [1.29, 1.82) is 0 Å². The maximum atomic E-state index is 12.2. The molecule has 0 N–H and O–H groups in total. The summed E-state index contributed by atoms with van der Waals surface area (Å²) in [7, 11) is 0. The first kappa shape index (κ1) is 18.3. The summed E-state index contributed by atoms with van der Waals surface area (Å²) in [5.74, 6) is 1.48. The Morgan fingerprint density at radius 2 is 1.05 bits per heavy atom. The van der Waals surface area contributed by atoms with Crippen molar-refractivity contribution in [2.75, 3.05) is 0 Å². The van der Waals surface area contributed by atoms with Crippen molar-refractivity contribution in [3.05, 3.63) is 0 Å². The fraction of sp³-hybridized carbons (Fsp3) is 0.882. The lowest BCUT2D eigenvalue weighted by Crippen LogP contribution is -2.24. The molecule has 0 fully saturated rings. The van der Waals surface area contributed by atoms with Gasteiger partial charge in [0.25, 0.3) is 0 Å². The van der Waals surface area contributed by atoms with Gasteiger partial charge in [-0.05, 0) is 37.5 Å². The van der Waals surface area contributed by atoms with E-state index in [1.165, 1.54) is 0 Å². The molecule has 0 heterocycles. The monoisotopic (exact) mass is 268 g/mol. The Morgan fingerprint density at radius 1 is 0.737 bits per heavy atom. The van der Waals surface area contributed by atoms with Crippen LogP contribution >= 0.6 is 0 Å². The summed E-state index contributed by atoms with van der Waals surface area (Å²) < 4.78 is 0. The molecule has 2 heteroatoms. The second kappa shape index (κ2) is 9.28. The fourth-order valence-corrected chi connectivity index (χ4v) is 2.65. The fourth-order valence-electron chi connectivity index (χ4n) is 2.65. The number of hydrogen-bond acceptors (Lipinski definition) is 2. The molecule has 0 aliphatic heterocycles. The predicted molar refractivity (Wildman–Crippen MR) is 81.1 cm³/mol. The number of ketones is 2. The van der Waals surface area contributed by atoms with Gasteiger partial charge in [0.2, 0.25) is 0 Å². The molecule has 0 spiro atoms. The zero-order chi connectivity index (χ0) is 15.0. The minimum Gasteiger partial charge on any atom is -0.299 e. The van der Waals surface area contributed by atoms with Gasteiger partial charge in [-0.1, -0.05) is 41.5 Å². The number of Topliss-reactive ketones (excluding diaryl/α,β-unsaturated/α-hetero) is 2. The Labute approximate surface area is 119 Å². The summed E-state index contributed by atoms with van der Waals surface area (Å²) in [6.07, 6.45) is 3.67. The van der Waals surface area contributed by atoms with Gasteiger partial charge in [0.15, 0.2) is 0 Å². The SMILES string of the molecule is CCC(CC(C)C)C(=O)CC(=O)C(CC)CC(C)C. The van der Waals surface area contributed by atoms with Crippen LogP contribution in [0.1, 0.15) is 73.6 Å². The van der Waals surface area contributed by atoms with E-state index in [2.05, 4.69) is 27.7 Å². The maximum Gasteiger partial charge on any atom is 0.143 e. The number of hydrogen-bond donors (Lipinski definition) is 0. The average Bonchev–Trinajstić information content (AvgIpc) is 2.31. The lowest BCUT2D eigenvalue weighted by atomic mass is 9.84. The highest BCUT2D eigenvalue weighted by molar-refractivity contribution is 6.01. The van der Waals surface area contributed by atoms with Crippen LogP contribution in [0, 0.1) is 23.7 Å². The van der Waals surface area contributed by atoms with E-state index in [-0.39, 0.29) is 29.8 Å². The third kappa shape index (κ3) is 7.49. The molecule has 112 valence electrons. The van der Waals surface area contributed by atoms with Crippen molar-refractivity contribution < 1.29 is 9.59 Å². The van der Waals surface area contributed by atoms with Gasteiger partial charge in [0.1, 0.15) is 11.6 Å². The molecule has 2 atom stereocenters. The molecule has 19 heavy (non-hydrogen) atoms. The Hall–Kier alpha value is -0.660. The average molecular weight is 268 g/mol. The molecule has 0 aliphatic rings. The molecule has 0 saturated heterocycles. The highest BCUT2D eigenvalue weighted by atomic mass is 16.1. The van der Waals surface area contributed by atoms with Crippen LogP contribution in [-0.2, 0) is 9.59 Å². The number of carbonyl (C=O) groups excluding carboxylic acids is 2. The Balaban J connectivity index is 4.47. The minimum absolute atomic E-state index is 0.0699. The van der Waals surface area contributed by atoms with E-state index in [0.717, 1.165) is 25.7 Å². The van der Waals surface area contributed by atoms with Crippen molar-refractivity contribution in [2.45, 2.75) is 73.6 Å². The molecule has 0 aromatic carbocycles. The molecule has 0 bridgehead atoms. The Kier molecular flexibility index (Phi) is 8.95. The van der Waals surface area contributed by atoms with Gasteiger partial charge in [0, 0.05) is 11.8 Å². The van der Waals surface area contributed by atoms with Gasteiger partial charge in [-0.2, -0.15) is 0 Å². The summed E-state index contributed by atoms with van der Waals surface area (Å²) in [5, 5.41) is 0. The normalized spacial score (nSPS) is 14.7. The van der Waals surface area contributed by atoms with Crippen molar-refractivity contribution in [1.82, 2.24) is 0 Å². The van der Waals surface area contributed by atoms with Crippen LogP contribution in [0.5, 0.6) is 0 Å². The van der Waals surface area contributed by atoms with Gasteiger partial charge in [-0.25, -0.2) is 0 Å². The molecule has 0 aromatic heterocycles. The van der Waals surface area contributed by atoms with Crippen LogP contribution in [0.25, 0.3) is 0 Å². The molecular formula is C17H32O2. The first-order valence-corrected chi connectivity index (χ1v) is 7.87. The molecule has 0 aliphatic carbocycles. The standard InChI is InChI=1S/C17H32O2/c1-7-14(9-12(3)4)16(18)11-17(19)15(8-2)10-13(5)6/h12-15H,7-11H2,1-6H3. The Bertz CT molecular complexity index is 251. The van der Waals surface area contributed by atoms with Crippen LogP contribution in [-0.4, -0.2) is 11.6 Å². The van der Waals surface area contributed by atoms with E-state index in [9.17, 15) is 9.59 Å². The molecule has 0 amide bonds. The summed E-state index contributed by atoms with van der Waals surface area (Å²) in [6, 6.07) is 0. The van der Waals surface area contributed by atoms with Crippen LogP contribution in [0.2, 0.25) is 0 Å². The smallest absolute Gasteiger partial charge is 0.143 e.